The number of hydrogen-bond donors (Lipinski definition) is 0. The quantitative estimate of drug-likeness (QED) is 0.446. The summed E-state index contributed by atoms with van der Waals surface area (Å²) < 4.78 is 5.57. The van der Waals surface area contributed by atoms with Crippen molar-refractivity contribution in [1.29, 1.82) is 0 Å². The van der Waals surface area contributed by atoms with Gasteiger partial charge in [-0.05, 0) is 38.0 Å². The molecular formula is C8H12O. The lowest BCUT2D eigenvalue weighted by Crippen LogP contribution is -2.16. The van der Waals surface area contributed by atoms with Crippen molar-refractivity contribution in [2.45, 2.75) is 37.9 Å². The van der Waals surface area contributed by atoms with E-state index in [1.54, 1.807) is 0 Å². The smallest absolute Gasteiger partial charge is 0.0923 e. The van der Waals surface area contributed by atoms with Crippen LogP contribution in [0.2, 0.25) is 0 Å². The first-order valence-electron chi connectivity index (χ1n) is 3.96. The van der Waals surface area contributed by atoms with Crippen LogP contribution in [-0.4, -0.2) is 11.7 Å². The third kappa shape index (κ3) is 0.493. The minimum Gasteiger partial charge on any atom is -0.366 e. The Balaban J connectivity index is 1.87. The zero-order valence-electron chi connectivity index (χ0n) is 5.76. The molecule has 3 fully saturated rings. The maximum atomic E-state index is 5.57. The first kappa shape index (κ1) is 4.73. The summed E-state index contributed by atoms with van der Waals surface area (Å²) in [5.74, 6) is 2.14. The van der Waals surface area contributed by atoms with Gasteiger partial charge < -0.3 is 4.74 Å². The SMILES string of the molecule is C[C@]12C[C@@H]3C[C@@H]3C[C@H]1O2. The summed E-state index contributed by atoms with van der Waals surface area (Å²) in [6.07, 6.45) is 4.92. The Morgan fingerprint density at radius 3 is 3.00 bits per heavy atom. The van der Waals surface area contributed by atoms with Crippen LogP contribution in [0.3, 0.4) is 0 Å². The van der Waals surface area contributed by atoms with E-state index in [-0.39, 0.29) is 0 Å². The molecule has 4 atom stereocenters. The average Bonchev–Trinajstić information content (AvgIpc) is 2.52. The van der Waals surface area contributed by atoms with E-state index in [9.17, 15) is 0 Å². The zero-order valence-corrected chi connectivity index (χ0v) is 5.76. The highest BCUT2D eigenvalue weighted by molar-refractivity contribution is 5.11. The first-order chi connectivity index (χ1) is 4.28. The van der Waals surface area contributed by atoms with Gasteiger partial charge in [-0.2, -0.15) is 0 Å². The van der Waals surface area contributed by atoms with Crippen LogP contribution in [0.15, 0.2) is 0 Å². The zero-order chi connectivity index (χ0) is 6.06. The van der Waals surface area contributed by atoms with Gasteiger partial charge in [0.15, 0.2) is 0 Å². The second-order valence-corrected chi connectivity index (χ2v) is 4.11. The Hall–Kier alpha value is -0.0400. The van der Waals surface area contributed by atoms with Crippen molar-refractivity contribution < 1.29 is 4.74 Å². The van der Waals surface area contributed by atoms with E-state index in [2.05, 4.69) is 6.92 Å². The second-order valence-electron chi connectivity index (χ2n) is 4.11. The lowest BCUT2D eigenvalue weighted by Gasteiger charge is -2.09. The van der Waals surface area contributed by atoms with Crippen LogP contribution in [-0.2, 0) is 4.74 Å². The number of hydrogen-bond acceptors (Lipinski definition) is 1. The standard InChI is InChI=1S/C8H12O/c1-8-4-6-2-5(6)3-7(8)9-8/h5-7H,2-4H2,1H3/t5-,6+,7-,8+/m1/s1. The van der Waals surface area contributed by atoms with Crippen molar-refractivity contribution in [3.05, 3.63) is 0 Å². The predicted molar refractivity (Wildman–Crippen MR) is 34.1 cm³/mol. The molecule has 1 nitrogen and oxygen atoms in total. The van der Waals surface area contributed by atoms with E-state index in [4.69, 9.17) is 4.74 Å². The van der Waals surface area contributed by atoms with E-state index in [1.165, 1.54) is 19.3 Å². The maximum absolute atomic E-state index is 5.57. The van der Waals surface area contributed by atoms with E-state index < -0.39 is 0 Å². The van der Waals surface area contributed by atoms with Crippen molar-refractivity contribution in [2.24, 2.45) is 11.8 Å². The molecule has 0 radical (unpaired) electrons. The van der Waals surface area contributed by atoms with Crippen molar-refractivity contribution in [2.75, 3.05) is 0 Å². The topological polar surface area (TPSA) is 12.5 Å². The predicted octanol–water partition coefficient (Wildman–Crippen LogP) is 1.57. The summed E-state index contributed by atoms with van der Waals surface area (Å²) in [5, 5.41) is 0. The Kier molecular flexibility index (Phi) is 0.563. The van der Waals surface area contributed by atoms with E-state index in [1.807, 2.05) is 0 Å². The minimum absolute atomic E-state index is 0.359. The first-order valence-corrected chi connectivity index (χ1v) is 3.96. The molecule has 2 saturated carbocycles. The molecule has 2 aliphatic carbocycles. The van der Waals surface area contributed by atoms with E-state index in [0.717, 1.165) is 11.8 Å². The molecule has 0 aromatic rings. The summed E-state index contributed by atoms with van der Waals surface area (Å²) in [6.45, 7) is 2.27. The highest BCUT2D eigenvalue weighted by Gasteiger charge is 2.62. The lowest BCUT2D eigenvalue weighted by molar-refractivity contribution is 0.295. The fourth-order valence-electron chi connectivity index (χ4n) is 2.41. The minimum atomic E-state index is 0.359. The Bertz CT molecular complexity index is 166. The van der Waals surface area contributed by atoms with Crippen molar-refractivity contribution in [3.63, 3.8) is 0 Å². The van der Waals surface area contributed by atoms with Crippen molar-refractivity contribution in [1.82, 2.24) is 0 Å². The van der Waals surface area contributed by atoms with Crippen molar-refractivity contribution >= 4 is 0 Å². The van der Waals surface area contributed by atoms with Gasteiger partial charge in [0.05, 0.1) is 11.7 Å². The van der Waals surface area contributed by atoms with Gasteiger partial charge in [-0.25, -0.2) is 0 Å². The van der Waals surface area contributed by atoms with Crippen LogP contribution in [0.5, 0.6) is 0 Å². The molecule has 1 aliphatic heterocycles. The molecule has 1 heteroatoms. The average molecular weight is 124 g/mol. The molecule has 0 N–H and O–H groups in total. The number of epoxide rings is 1. The van der Waals surface area contributed by atoms with Gasteiger partial charge >= 0.3 is 0 Å². The summed E-state index contributed by atoms with van der Waals surface area (Å²) in [6, 6.07) is 0. The summed E-state index contributed by atoms with van der Waals surface area (Å²) >= 11 is 0. The highest BCUT2D eigenvalue weighted by atomic mass is 16.6. The molecule has 1 saturated heterocycles. The molecule has 1 heterocycles. The number of fused-ring (bicyclic) bond motifs is 2. The van der Waals surface area contributed by atoms with Gasteiger partial charge in [-0.1, -0.05) is 0 Å². The lowest BCUT2D eigenvalue weighted by atomic mass is 9.91. The molecule has 0 aromatic heterocycles. The number of rotatable bonds is 0. The highest BCUT2D eigenvalue weighted by Crippen LogP contribution is 2.61. The molecule has 3 rings (SSSR count). The Morgan fingerprint density at radius 2 is 2.22 bits per heavy atom. The van der Waals surface area contributed by atoms with Crippen LogP contribution >= 0.6 is 0 Å². The number of ether oxygens (including phenoxy) is 1. The van der Waals surface area contributed by atoms with Gasteiger partial charge in [0.2, 0.25) is 0 Å². The Labute approximate surface area is 55.4 Å². The van der Waals surface area contributed by atoms with Crippen LogP contribution in [0.1, 0.15) is 26.2 Å². The molecular weight excluding hydrogens is 112 g/mol. The molecule has 3 aliphatic rings. The normalized spacial score (nSPS) is 68.3. The van der Waals surface area contributed by atoms with Crippen LogP contribution in [0.4, 0.5) is 0 Å². The fraction of sp³-hybridized carbons (Fsp3) is 1.00. The van der Waals surface area contributed by atoms with Gasteiger partial charge in [0.25, 0.3) is 0 Å². The molecule has 0 bridgehead atoms. The van der Waals surface area contributed by atoms with Gasteiger partial charge in [0, 0.05) is 0 Å². The monoisotopic (exact) mass is 124 g/mol. The molecule has 0 spiro atoms. The van der Waals surface area contributed by atoms with Gasteiger partial charge in [0.1, 0.15) is 0 Å². The second kappa shape index (κ2) is 1.07. The maximum Gasteiger partial charge on any atom is 0.0923 e. The summed E-state index contributed by atoms with van der Waals surface area (Å²) in [5.41, 5.74) is 0.359. The molecule has 50 valence electrons. The van der Waals surface area contributed by atoms with Crippen LogP contribution in [0.25, 0.3) is 0 Å². The summed E-state index contributed by atoms with van der Waals surface area (Å²) in [4.78, 5) is 0. The van der Waals surface area contributed by atoms with Gasteiger partial charge in [-0.3, -0.25) is 0 Å². The third-order valence-corrected chi connectivity index (χ3v) is 3.29. The van der Waals surface area contributed by atoms with Gasteiger partial charge in [-0.15, -0.1) is 0 Å². The molecule has 0 aromatic carbocycles. The van der Waals surface area contributed by atoms with E-state index in [0.29, 0.717) is 11.7 Å². The largest absolute Gasteiger partial charge is 0.366 e. The molecule has 9 heavy (non-hydrogen) atoms. The van der Waals surface area contributed by atoms with Crippen molar-refractivity contribution in [3.8, 4) is 0 Å². The molecule has 0 unspecified atom stereocenters. The summed E-state index contributed by atoms with van der Waals surface area (Å²) in [7, 11) is 0. The van der Waals surface area contributed by atoms with Crippen LogP contribution in [0, 0.1) is 11.8 Å². The Morgan fingerprint density at radius 1 is 1.33 bits per heavy atom. The fourth-order valence-corrected chi connectivity index (χ4v) is 2.41. The van der Waals surface area contributed by atoms with Crippen LogP contribution < -0.4 is 0 Å². The van der Waals surface area contributed by atoms with E-state index >= 15 is 0 Å². The third-order valence-electron chi connectivity index (χ3n) is 3.29. The molecule has 0 amide bonds.